The van der Waals surface area contributed by atoms with Crippen molar-refractivity contribution in [2.24, 2.45) is 5.92 Å². The fourth-order valence-corrected chi connectivity index (χ4v) is 2.90. The van der Waals surface area contributed by atoms with E-state index >= 15 is 0 Å². The van der Waals surface area contributed by atoms with Crippen molar-refractivity contribution in [1.29, 1.82) is 0 Å². The molecule has 31 heavy (non-hydrogen) atoms. The normalized spacial score (nSPS) is 12.6. The first-order valence-corrected chi connectivity index (χ1v) is 10.7. The van der Waals surface area contributed by atoms with E-state index in [4.69, 9.17) is 14.2 Å². The Balaban J connectivity index is 2.83. The van der Waals surface area contributed by atoms with E-state index in [-0.39, 0.29) is 17.8 Å². The average Bonchev–Trinajstić information content (AvgIpc) is 2.62. The molecular formula is C24H37NO6. The van der Waals surface area contributed by atoms with Crippen LogP contribution in [0.3, 0.4) is 0 Å². The molecule has 1 N–H and O–H groups in total. The van der Waals surface area contributed by atoms with Crippen molar-refractivity contribution in [2.45, 2.75) is 85.8 Å². The van der Waals surface area contributed by atoms with E-state index in [1.807, 2.05) is 45.9 Å². The highest BCUT2D eigenvalue weighted by atomic mass is 16.6. The Morgan fingerprint density at radius 1 is 0.935 bits per heavy atom. The number of alkyl carbamates (subject to hydrolysis) is 1. The predicted molar refractivity (Wildman–Crippen MR) is 119 cm³/mol. The highest BCUT2D eigenvalue weighted by molar-refractivity contribution is 5.84. The molecule has 0 heterocycles. The molecular weight excluding hydrogens is 398 g/mol. The number of ether oxygens (including phenoxy) is 3. The molecule has 0 radical (unpaired) electrons. The Bertz CT molecular complexity index is 751. The van der Waals surface area contributed by atoms with Gasteiger partial charge >= 0.3 is 18.0 Å². The monoisotopic (exact) mass is 435 g/mol. The summed E-state index contributed by atoms with van der Waals surface area (Å²) in [6.45, 7) is 16.2. The molecule has 1 atom stereocenters. The van der Waals surface area contributed by atoms with Crippen LogP contribution in [0.1, 0.15) is 85.3 Å². The number of carbonyl (C=O) groups excluding carboxylic acids is 3. The lowest BCUT2D eigenvalue weighted by Gasteiger charge is -2.24. The Labute approximate surface area is 185 Å². The number of carbonyl (C=O) groups is 3. The molecule has 0 aliphatic carbocycles. The summed E-state index contributed by atoms with van der Waals surface area (Å²) in [5, 5.41) is 2.51. The molecule has 1 aromatic rings. The van der Waals surface area contributed by atoms with E-state index in [1.165, 1.54) is 0 Å². The van der Waals surface area contributed by atoms with Crippen LogP contribution in [0.25, 0.3) is 0 Å². The van der Waals surface area contributed by atoms with Gasteiger partial charge in [-0.05, 0) is 49.7 Å². The molecule has 0 aliphatic rings. The second-order valence-electron chi connectivity index (χ2n) is 9.52. The van der Waals surface area contributed by atoms with Gasteiger partial charge in [0.05, 0.1) is 0 Å². The van der Waals surface area contributed by atoms with Crippen molar-refractivity contribution in [3.8, 4) is 5.75 Å². The van der Waals surface area contributed by atoms with E-state index in [1.54, 1.807) is 34.6 Å². The molecule has 0 spiro atoms. The van der Waals surface area contributed by atoms with Gasteiger partial charge in [0.25, 0.3) is 0 Å². The first-order valence-electron chi connectivity index (χ1n) is 10.7. The van der Waals surface area contributed by atoms with Crippen molar-refractivity contribution in [1.82, 2.24) is 5.32 Å². The third-order valence-electron chi connectivity index (χ3n) is 4.46. The number of nitrogens with one attached hydrogen (secondary N) is 1. The molecule has 7 nitrogen and oxygen atoms in total. The van der Waals surface area contributed by atoms with Gasteiger partial charge in [0.2, 0.25) is 0 Å². The minimum Gasteiger partial charge on any atom is -0.452 e. The Hall–Kier alpha value is -2.57. The zero-order valence-corrected chi connectivity index (χ0v) is 20.2. The molecule has 0 fully saturated rings. The van der Waals surface area contributed by atoms with Crippen molar-refractivity contribution < 1.29 is 28.6 Å². The fraction of sp³-hybridized carbons (Fsp3) is 0.625. The number of rotatable bonds is 8. The largest absolute Gasteiger partial charge is 0.452 e. The van der Waals surface area contributed by atoms with Crippen LogP contribution >= 0.6 is 0 Å². The number of hydrogen-bond donors (Lipinski definition) is 1. The maximum Gasteiger partial charge on any atom is 0.408 e. The number of amides is 1. The smallest absolute Gasteiger partial charge is 0.408 e. The molecule has 0 unspecified atom stereocenters. The van der Waals surface area contributed by atoms with E-state index < -0.39 is 36.3 Å². The van der Waals surface area contributed by atoms with Gasteiger partial charge in [0.1, 0.15) is 17.4 Å². The molecule has 0 aromatic heterocycles. The third kappa shape index (κ3) is 8.59. The van der Waals surface area contributed by atoms with Crippen LogP contribution < -0.4 is 10.1 Å². The molecule has 0 saturated heterocycles. The number of para-hydroxylation sites is 1. The zero-order chi connectivity index (χ0) is 23.9. The van der Waals surface area contributed by atoms with Crippen LogP contribution in [0.2, 0.25) is 0 Å². The second kappa shape index (κ2) is 11.2. The number of hydrogen-bond acceptors (Lipinski definition) is 6. The Morgan fingerprint density at radius 3 is 1.87 bits per heavy atom. The van der Waals surface area contributed by atoms with Crippen molar-refractivity contribution >= 4 is 18.0 Å². The maximum atomic E-state index is 12.5. The van der Waals surface area contributed by atoms with Gasteiger partial charge in [-0.25, -0.2) is 14.4 Å². The first kappa shape index (κ1) is 26.5. The van der Waals surface area contributed by atoms with Gasteiger partial charge in [0.15, 0.2) is 6.61 Å². The van der Waals surface area contributed by atoms with Crippen LogP contribution in [0, 0.1) is 5.92 Å². The first-order chi connectivity index (χ1) is 14.2. The molecule has 1 aromatic carbocycles. The highest BCUT2D eigenvalue weighted by Gasteiger charge is 2.29. The Kier molecular flexibility index (Phi) is 9.53. The van der Waals surface area contributed by atoms with E-state index in [0.717, 1.165) is 11.1 Å². The molecule has 174 valence electrons. The lowest BCUT2D eigenvalue weighted by atomic mass is 9.94. The zero-order valence-electron chi connectivity index (χ0n) is 20.2. The van der Waals surface area contributed by atoms with Gasteiger partial charge in [0, 0.05) is 0 Å². The summed E-state index contributed by atoms with van der Waals surface area (Å²) in [6.07, 6.45) is -0.724. The lowest BCUT2D eigenvalue weighted by molar-refractivity contribution is -0.156. The van der Waals surface area contributed by atoms with Crippen LogP contribution in [0.5, 0.6) is 5.75 Å². The number of esters is 2. The van der Waals surface area contributed by atoms with Crippen molar-refractivity contribution in [3.63, 3.8) is 0 Å². The Morgan fingerprint density at radius 2 is 1.45 bits per heavy atom. The summed E-state index contributed by atoms with van der Waals surface area (Å²) in [4.78, 5) is 37.0. The number of benzene rings is 1. The minimum absolute atomic E-state index is 0.160. The minimum atomic E-state index is -0.947. The van der Waals surface area contributed by atoms with E-state index in [0.29, 0.717) is 5.75 Å². The lowest BCUT2D eigenvalue weighted by Crippen LogP contribution is -2.47. The molecule has 1 amide bonds. The quantitative estimate of drug-likeness (QED) is 0.460. The topological polar surface area (TPSA) is 90.9 Å². The molecule has 0 bridgehead atoms. The SMILES string of the molecule is CC(C)c1cccc(C(C)C)c1OC(=O)COC(=O)[C@@H](NC(=O)OC(C)(C)C)C(C)C. The van der Waals surface area contributed by atoms with Gasteiger partial charge in [-0.2, -0.15) is 0 Å². The third-order valence-corrected chi connectivity index (χ3v) is 4.46. The van der Waals surface area contributed by atoms with E-state index in [2.05, 4.69) is 5.32 Å². The standard InChI is InChI=1S/C24H37NO6/c1-14(2)17-11-10-12-18(15(3)4)21(17)30-19(26)13-29-22(27)20(16(5)6)25-23(28)31-24(7,8)9/h10-12,14-16,20H,13H2,1-9H3,(H,25,28)/t20-/m0/s1. The summed E-state index contributed by atoms with van der Waals surface area (Å²) in [7, 11) is 0. The predicted octanol–water partition coefficient (Wildman–Crippen LogP) is 4.93. The molecule has 0 saturated carbocycles. The average molecular weight is 436 g/mol. The molecule has 0 aliphatic heterocycles. The summed E-state index contributed by atoms with van der Waals surface area (Å²) in [5.41, 5.74) is 1.13. The second-order valence-corrected chi connectivity index (χ2v) is 9.52. The van der Waals surface area contributed by atoms with Gasteiger partial charge in [-0.15, -0.1) is 0 Å². The highest BCUT2D eigenvalue weighted by Crippen LogP contribution is 2.34. The van der Waals surface area contributed by atoms with Gasteiger partial charge in [-0.1, -0.05) is 59.7 Å². The van der Waals surface area contributed by atoms with E-state index in [9.17, 15) is 14.4 Å². The van der Waals surface area contributed by atoms with Crippen LogP contribution in [-0.4, -0.2) is 36.3 Å². The van der Waals surface area contributed by atoms with Gasteiger partial charge < -0.3 is 19.5 Å². The van der Waals surface area contributed by atoms with Crippen LogP contribution in [0.15, 0.2) is 18.2 Å². The molecule has 7 heteroatoms. The van der Waals surface area contributed by atoms with Gasteiger partial charge in [-0.3, -0.25) is 0 Å². The molecule has 1 rings (SSSR count). The van der Waals surface area contributed by atoms with Crippen LogP contribution in [-0.2, 0) is 19.1 Å². The summed E-state index contributed by atoms with van der Waals surface area (Å²) in [6, 6.07) is 4.84. The summed E-state index contributed by atoms with van der Waals surface area (Å²) < 4.78 is 16.0. The maximum absolute atomic E-state index is 12.5. The van der Waals surface area contributed by atoms with Crippen LogP contribution in [0.4, 0.5) is 4.79 Å². The van der Waals surface area contributed by atoms with Crippen molar-refractivity contribution in [3.05, 3.63) is 29.3 Å². The summed E-state index contributed by atoms with van der Waals surface area (Å²) in [5.74, 6) is -0.826. The van der Waals surface area contributed by atoms with Crippen molar-refractivity contribution in [2.75, 3.05) is 6.61 Å². The summed E-state index contributed by atoms with van der Waals surface area (Å²) >= 11 is 0. The fourth-order valence-electron chi connectivity index (χ4n) is 2.90.